The van der Waals surface area contributed by atoms with Gasteiger partial charge in [0.1, 0.15) is 29.8 Å². The first-order valence-corrected chi connectivity index (χ1v) is 16.9. The van der Waals surface area contributed by atoms with E-state index in [1.54, 1.807) is 20.8 Å². The van der Waals surface area contributed by atoms with Crippen LogP contribution in [0.25, 0.3) is 0 Å². The summed E-state index contributed by atoms with van der Waals surface area (Å²) in [5.74, 6) is -3.01. The van der Waals surface area contributed by atoms with Gasteiger partial charge in [-0.05, 0) is 80.9 Å². The zero-order valence-corrected chi connectivity index (χ0v) is 29.8. The van der Waals surface area contributed by atoms with E-state index in [1.807, 2.05) is 60.7 Å². The Bertz CT molecular complexity index is 995. The normalized spacial score (nSPS) is 46.9. The molecule has 4 rings (SSSR count). The smallest absolute Gasteiger partial charge is 0.316 e. The van der Waals surface area contributed by atoms with E-state index in [0.717, 1.165) is 0 Å². The van der Waals surface area contributed by atoms with Gasteiger partial charge in [-0.3, -0.25) is 9.59 Å². The Morgan fingerprint density at radius 2 is 1.69 bits per heavy atom. The first-order valence-electron chi connectivity index (χ1n) is 16.9. The van der Waals surface area contributed by atoms with E-state index in [9.17, 15) is 19.8 Å². The Morgan fingerprint density at radius 3 is 2.29 bits per heavy atom. The summed E-state index contributed by atoms with van der Waals surface area (Å²) in [7, 11) is 5.83. The molecule has 0 spiro atoms. The monoisotopic (exact) mass is 642 g/mol. The lowest BCUT2D eigenvalue weighted by Gasteiger charge is -2.48. The number of nitrogens with zero attached hydrogens (tertiary/aromatic N) is 2. The summed E-state index contributed by atoms with van der Waals surface area (Å²) >= 11 is 0. The predicted molar refractivity (Wildman–Crippen MR) is 171 cm³/mol. The van der Waals surface area contributed by atoms with Crippen molar-refractivity contribution in [3.05, 3.63) is 0 Å². The summed E-state index contributed by atoms with van der Waals surface area (Å²) in [5.41, 5.74) is -2.53. The number of carbonyl (C=O) groups excluding carboxylic acids is 2. The van der Waals surface area contributed by atoms with Crippen LogP contribution in [-0.2, 0) is 33.3 Å². The third-order valence-corrected chi connectivity index (χ3v) is 10.4. The Labute approximate surface area is 271 Å². The van der Waals surface area contributed by atoms with Crippen LogP contribution < -0.4 is 0 Å². The van der Waals surface area contributed by atoms with Gasteiger partial charge in [0.05, 0.1) is 31.0 Å². The number of aliphatic hydroxyl groups excluding tert-OH is 1. The number of likely N-dealkylation sites (N-methyl/N-ethyl adjacent to an activating group) is 2. The second-order valence-corrected chi connectivity index (χ2v) is 15.1. The Morgan fingerprint density at radius 1 is 1.04 bits per heavy atom. The fourth-order valence-corrected chi connectivity index (χ4v) is 7.64. The molecule has 2 unspecified atom stereocenters. The minimum Gasteiger partial charge on any atom is -0.459 e. The highest BCUT2D eigenvalue weighted by Gasteiger charge is 2.51. The molecule has 0 aliphatic carbocycles. The lowest BCUT2D eigenvalue weighted by Crippen LogP contribution is -2.60. The van der Waals surface area contributed by atoms with Gasteiger partial charge in [0.25, 0.3) is 0 Å². The van der Waals surface area contributed by atoms with Gasteiger partial charge in [-0.15, -0.1) is 0 Å². The van der Waals surface area contributed by atoms with Crippen LogP contribution in [0.3, 0.4) is 0 Å². The number of Topliss-reactive ketones (excluding diaryl/α,β-unsaturated/α-hetero) is 1. The molecule has 4 aliphatic rings. The third-order valence-electron chi connectivity index (χ3n) is 10.4. The maximum Gasteiger partial charge on any atom is 0.316 e. The third kappa shape index (κ3) is 8.65. The molecule has 0 aromatic carbocycles. The van der Waals surface area contributed by atoms with Crippen molar-refractivity contribution >= 4 is 11.8 Å². The molecule has 11 heteroatoms. The quantitative estimate of drug-likeness (QED) is 0.347. The Balaban J connectivity index is 2.18. The molecule has 0 aromatic heterocycles. The van der Waals surface area contributed by atoms with Gasteiger partial charge in [0.15, 0.2) is 12.1 Å². The van der Waals surface area contributed by atoms with Gasteiger partial charge < -0.3 is 43.7 Å². The van der Waals surface area contributed by atoms with Crippen molar-refractivity contribution in [3.63, 3.8) is 0 Å². The van der Waals surface area contributed by atoms with Crippen molar-refractivity contribution < 1.29 is 43.5 Å². The van der Waals surface area contributed by atoms with Gasteiger partial charge in [-0.1, -0.05) is 27.7 Å². The van der Waals surface area contributed by atoms with E-state index in [-0.39, 0.29) is 35.8 Å². The number of ether oxygens (including phenoxy) is 5. The Hall–Kier alpha value is -1.18. The number of aliphatic hydroxyl groups is 2. The second-order valence-electron chi connectivity index (χ2n) is 15.1. The molecular weight excluding hydrogens is 580 g/mol. The number of esters is 1. The lowest BCUT2D eigenvalue weighted by atomic mass is 9.78. The maximum absolute atomic E-state index is 14.2. The summed E-state index contributed by atoms with van der Waals surface area (Å²) in [6, 6.07) is -0.428. The van der Waals surface area contributed by atoms with E-state index < -0.39 is 59.7 Å². The summed E-state index contributed by atoms with van der Waals surface area (Å²) in [6.07, 6.45) is -3.09. The van der Waals surface area contributed by atoms with Gasteiger partial charge in [0, 0.05) is 30.5 Å². The molecule has 11 nitrogen and oxygen atoms in total. The topological polar surface area (TPSA) is 127 Å². The molecule has 0 amide bonds. The van der Waals surface area contributed by atoms with Crippen LogP contribution in [0, 0.1) is 23.7 Å². The maximum atomic E-state index is 14.2. The number of hydrogen-bond donors (Lipinski definition) is 2. The minimum atomic E-state index is -1.53. The molecular formula is C34H62N2O9. The van der Waals surface area contributed by atoms with E-state index in [4.69, 9.17) is 23.7 Å². The molecule has 4 fully saturated rings. The highest BCUT2D eigenvalue weighted by molar-refractivity contribution is 6.00. The van der Waals surface area contributed by atoms with Crippen LogP contribution in [0.15, 0.2) is 0 Å². The van der Waals surface area contributed by atoms with Crippen LogP contribution in [0.2, 0.25) is 0 Å². The molecule has 4 heterocycles. The average Bonchev–Trinajstić information content (AvgIpc) is 2.96. The first kappa shape index (κ1) is 38.3. The fourth-order valence-electron chi connectivity index (χ4n) is 7.64. The molecule has 262 valence electrons. The van der Waals surface area contributed by atoms with Crippen molar-refractivity contribution in [1.29, 1.82) is 0 Å². The number of hydrogen-bond acceptors (Lipinski definition) is 11. The van der Waals surface area contributed by atoms with Crippen molar-refractivity contribution in [1.82, 2.24) is 9.80 Å². The van der Waals surface area contributed by atoms with E-state index in [1.165, 1.54) is 0 Å². The van der Waals surface area contributed by atoms with Crippen LogP contribution in [0.1, 0.15) is 81.6 Å². The minimum absolute atomic E-state index is 0.0668. The molecule has 0 aromatic rings. The largest absolute Gasteiger partial charge is 0.459 e. The summed E-state index contributed by atoms with van der Waals surface area (Å²) in [5, 5.41) is 23.4. The summed E-state index contributed by atoms with van der Waals surface area (Å²) in [6.45, 7) is 18.2. The van der Waals surface area contributed by atoms with Gasteiger partial charge in [-0.2, -0.15) is 0 Å². The van der Waals surface area contributed by atoms with E-state index in [0.29, 0.717) is 39.0 Å². The summed E-state index contributed by atoms with van der Waals surface area (Å²) in [4.78, 5) is 31.9. The molecule has 2 N–H and O–H groups in total. The van der Waals surface area contributed by atoms with Crippen LogP contribution in [-0.4, -0.2) is 133 Å². The number of carbonyl (C=O) groups is 2. The number of ketones is 1. The highest BCUT2D eigenvalue weighted by Crippen LogP contribution is 2.38. The van der Waals surface area contributed by atoms with Crippen molar-refractivity contribution in [2.75, 3.05) is 40.9 Å². The number of fused-ring (bicyclic) bond motifs is 15. The second kappa shape index (κ2) is 15.4. The Kier molecular flexibility index (Phi) is 13.1. The molecule has 2 bridgehead atoms. The molecule has 45 heavy (non-hydrogen) atoms. The van der Waals surface area contributed by atoms with E-state index >= 15 is 0 Å². The predicted octanol–water partition coefficient (Wildman–Crippen LogP) is 2.88. The molecule has 4 aliphatic heterocycles. The van der Waals surface area contributed by atoms with Crippen LogP contribution in [0.5, 0.6) is 0 Å². The van der Waals surface area contributed by atoms with Crippen LogP contribution >= 0.6 is 0 Å². The standard InChI is InChI=1S/C34H62N2O9/c1-13-26-34(9,40)30-24(7)36(12)16-19(2)15-33(8,42-18-20(3)17-41-30)29(22(5)27(37)23(6)31(39)44-26)45-32-28(38)25(35(10)11)14-21(4)43-32/h19-26,28-30,32,38,40H,13-18H2,1-12H3/t19-,20?,21-,22+,23?,24-,25+,26-,28-,29-,30+,32+,33-,34-/m1/s1. The van der Waals surface area contributed by atoms with E-state index in [2.05, 4.69) is 11.8 Å². The molecule has 14 atom stereocenters. The fraction of sp³-hybridized carbons (Fsp3) is 0.941. The van der Waals surface area contributed by atoms with Crippen molar-refractivity contribution in [2.24, 2.45) is 23.7 Å². The molecule has 0 saturated carbocycles. The number of rotatable bonds is 4. The van der Waals surface area contributed by atoms with Crippen molar-refractivity contribution in [3.8, 4) is 0 Å². The highest BCUT2D eigenvalue weighted by atomic mass is 16.7. The van der Waals surface area contributed by atoms with Crippen molar-refractivity contribution in [2.45, 2.75) is 142 Å². The van der Waals surface area contributed by atoms with Gasteiger partial charge in [-0.25, -0.2) is 0 Å². The zero-order chi connectivity index (χ0) is 34.0. The first-order chi connectivity index (χ1) is 20.8. The van der Waals surface area contributed by atoms with Gasteiger partial charge in [0.2, 0.25) is 0 Å². The summed E-state index contributed by atoms with van der Waals surface area (Å²) < 4.78 is 32.1. The SMILES string of the molecule is CC[C@H]1OC(=O)C(C)C(=O)[C@H](C)[C@@H](O[C@@H]2O[C@H](C)C[C@H](N(C)C)[C@H]2O)[C@@]2(C)C[C@@H](C)CN(C)[C@H](C)[C@H](OCC(C)CO2)[C@]1(C)O. The molecule has 0 radical (unpaired) electrons. The van der Waals surface area contributed by atoms with Gasteiger partial charge >= 0.3 is 5.97 Å². The zero-order valence-electron chi connectivity index (χ0n) is 29.8. The molecule has 4 saturated heterocycles. The van der Waals surface area contributed by atoms with Crippen LogP contribution in [0.4, 0.5) is 0 Å². The lowest BCUT2D eigenvalue weighted by molar-refractivity contribution is -0.299. The average molecular weight is 643 g/mol.